The third-order valence-electron chi connectivity index (χ3n) is 5.32. The van der Waals surface area contributed by atoms with Gasteiger partial charge in [-0.05, 0) is 49.5 Å². The lowest BCUT2D eigenvalue weighted by molar-refractivity contribution is -0.192. The number of carbonyl (C=O) groups is 2. The van der Waals surface area contributed by atoms with Crippen LogP contribution in [0, 0.1) is 5.92 Å². The highest BCUT2D eigenvalue weighted by Crippen LogP contribution is 2.20. The Bertz CT molecular complexity index is 851. The maximum Gasteiger partial charge on any atom is 0.490 e. The first-order valence-electron chi connectivity index (χ1n) is 10.5. The molecule has 0 bridgehead atoms. The highest BCUT2D eigenvalue weighted by atomic mass is 32.1. The molecule has 1 atom stereocenters. The molecule has 0 spiro atoms. The average molecular weight is 475 g/mol. The molecular formula is C21H29F3N4O3S. The van der Waals surface area contributed by atoms with Crippen LogP contribution in [-0.2, 0) is 29.1 Å². The summed E-state index contributed by atoms with van der Waals surface area (Å²) < 4.78 is 33.8. The summed E-state index contributed by atoms with van der Waals surface area (Å²) in [4.78, 5) is 27.4. The van der Waals surface area contributed by atoms with Gasteiger partial charge < -0.3 is 14.9 Å². The largest absolute Gasteiger partial charge is 0.490 e. The smallest absolute Gasteiger partial charge is 0.475 e. The number of aliphatic carboxylic acids is 1. The Morgan fingerprint density at radius 1 is 1.25 bits per heavy atom. The van der Waals surface area contributed by atoms with Gasteiger partial charge in [0, 0.05) is 24.2 Å². The van der Waals surface area contributed by atoms with Gasteiger partial charge in [-0.1, -0.05) is 19.9 Å². The predicted octanol–water partition coefficient (Wildman–Crippen LogP) is 3.51. The van der Waals surface area contributed by atoms with Crippen LogP contribution in [0.25, 0.3) is 0 Å². The van der Waals surface area contributed by atoms with E-state index in [-0.39, 0.29) is 5.91 Å². The topological polar surface area (TPSA) is 78.7 Å². The minimum absolute atomic E-state index is 0.227. The van der Waals surface area contributed by atoms with Crippen LogP contribution in [0.15, 0.2) is 29.8 Å². The minimum Gasteiger partial charge on any atom is -0.475 e. The highest BCUT2D eigenvalue weighted by Gasteiger charge is 2.38. The number of amides is 1. The molecule has 11 heteroatoms. The molecule has 1 aliphatic heterocycles. The van der Waals surface area contributed by atoms with Gasteiger partial charge in [-0.25, -0.2) is 4.79 Å². The number of aromatic nitrogens is 2. The fourth-order valence-electron chi connectivity index (χ4n) is 3.48. The summed E-state index contributed by atoms with van der Waals surface area (Å²) in [7, 11) is 0. The first-order chi connectivity index (χ1) is 15.1. The van der Waals surface area contributed by atoms with Crippen molar-refractivity contribution in [2.75, 3.05) is 26.2 Å². The first kappa shape index (κ1) is 25.9. The maximum absolute atomic E-state index is 12.8. The molecule has 3 heterocycles. The van der Waals surface area contributed by atoms with Gasteiger partial charge in [0.25, 0.3) is 0 Å². The molecule has 2 aromatic heterocycles. The Labute approximate surface area is 189 Å². The third kappa shape index (κ3) is 7.94. The number of carbonyl (C=O) groups excluding carboxylic acids is 1. The molecule has 0 radical (unpaired) electrons. The van der Waals surface area contributed by atoms with Gasteiger partial charge in [-0.3, -0.25) is 9.48 Å². The van der Waals surface area contributed by atoms with E-state index in [1.54, 1.807) is 11.3 Å². The second kappa shape index (κ2) is 12.0. The van der Waals surface area contributed by atoms with Crippen LogP contribution in [-0.4, -0.2) is 68.9 Å². The zero-order valence-corrected chi connectivity index (χ0v) is 19.0. The number of halogens is 3. The van der Waals surface area contributed by atoms with Gasteiger partial charge in [0.2, 0.25) is 5.91 Å². The SMILES string of the molecule is CCN(CC)CCC1CN(C(=O)Cc2cccs2)Cc2ccnn2C1.O=C(O)C(F)(F)F. The van der Waals surface area contributed by atoms with Crippen molar-refractivity contribution in [2.45, 2.75) is 46.0 Å². The molecule has 1 aliphatic rings. The summed E-state index contributed by atoms with van der Waals surface area (Å²) in [5, 5.41) is 13.6. The molecule has 7 nitrogen and oxygen atoms in total. The molecular weight excluding hydrogens is 445 g/mol. The molecule has 0 aromatic carbocycles. The molecule has 1 amide bonds. The van der Waals surface area contributed by atoms with E-state index in [9.17, 15) is 18.0 Å². The normalized spacial score (nSPS) is 16.2. The number of carboxylic acids is 1. The minimum atomic E-state index is -5.08. The second-order valence-electron chi connectivity index (χ2n) is 7.52. The number of hydrogen-bond acceptors (Lipinski definition) is 5. The molecule has 0 saturated heterocycles. The van der Waals surface area contributed by atoms with Crippen molar-refractivity contribution in [3.05, 3.63) is 40.3 Å². The van der Waals surface area contributed by atoms with Crippen LogP contribution in [0.2, 0.25) is 0 Å². The van der Waals surface area contributed by atoms with E-state index in [0.717, 1.165) is 49.7 Å². The number of rotatable bonds is 7. The molecule has 0 fully saturated rings. The molecule has 0 aliphatic carbocycles. The summed E-state index contributed by atoms with van der Waals surface area (Å²) in [5.41, 5.74) is 1.14. The van der Waals surface area contributed by atoms with Gasteiger partial charge in [0.15, 0.2) is 0 Å². The number of carboxylic acid groups (broad SMARTS) is 1. The van der Waals surface area contributed by atoms with Crippen LogP contribution in [0.1, 0.15) is 30.8 Å². The standard InChI is InChI=1S/C19H28N4OS.C2HF3O2/c1-3-21(4-2)10-8-16-13-22(15-17-7-9-20-23(17)14-16)19(24)12-18-6-5-11-25-18;3-2(4,5)1(6)7/h5-7,9,11,16H,3-4,8,10,12-15H2,1-2H3;(H,6,7). The summed E-state index contributed by atoms with van der Waals surface area (Å²) in [5.74, 6) is -2.08. The van der Waals surface area contributed by atoms with E-state index in [1.807, 2.05) is 34.7 Å². The molecule has 0 saturated carbocycles. The van der Waals surface area contributed by atoms with Crippen molar-refractivity contribution in [3.8, 4) is 0 Å². The van der Waals surface area contributed by atoms with E-state index < -0.39 is 12.1 Å². The van der Waals surface area contributed by atoms with E-state index in [4.69, 9.17) is 9.90 Å². The number of thiophene rings is 1. The highest BCUT2D eigenvalue weighted by molar-refractivity contribution is 7.10. The molecule has 178 valence electrons. The quantitative estimate of drug-likeness (QED) is 0.665. The van der Waals surface area contributed by atoms with Crippen LogP contribution in [0.4, 0.5) is 13.2 Å². The maximum atomic E-state index is 12.8. The summed E-state index contributed by atoms with van der Waals surface area (Å²) in [6, 6.07) is 6.10. The average Bonchev–Trinajstić information content (AvgIpc) is 3.37. The van der Waals surface area contributed by atoms with Crippen molar-refractivity contribution >= 4 is 23.2 Å². The van der Waals surface area contributed by atoms with Crippen LogP contribution in [0.5, 0.6) is 0 Å². The van der Waals surface area contributed by atoms with E-state index in [1.165, 1.54) is 0 Å². The second-order valence-corrected chi connectivity index (χ2v) is 8.55. The summed E-state index contributed by atoms with van der Waals surface area (Å²) in [6.45, 7) is 10.1. The summed E-state index contributed by atoms with van der Waals surface area (Å²) in [6.07, 6.45) is -1.62. The van der Waals surface area contributed by atoms with Gasteiger partial charge in [0.1, 0.15) is 0 Å². The Kier molecular flexibility index (Phi) is 9.70. The van der Waals surface area contributed by atoms with Crippen molar-refractivity contribution in [2.24, 2.45) is 5.92 Å². The van der Waals surface area contributed by atoms with Gasteiger partial charge in [0.05, 0.1) is 18.7 Å². The monoisotopic (exact) mass is 474 g/mol. The Morgan fingerprint density at radius 3 is 2.50 bits per heavy atom. The third-order valence-corrected chi connectivity index (χ3v) is 6.19. The number of alkyl halides is 3. The van der Waals surface area contributed by atoms with Crippen LogP contribution in [0.3, 0.4) is 0 Å². The lowest BCUT2D eigenvalue weighted by atomic mass is 10.0. The fourth-order valence-corrected chi connectivity index (χ4v) is 4.18. The molecule has 2 aromatic rings. The van der Waals surface area contributed by atoms with E-state index in [0.29, 0.717) is 18.9 Å². The van der Waals surface area contributed by atoms with E-state index >= 15 is 0 Å². The molecule has 1 unspecified atom stereocenters. The van der Waals surface area contributed by atoms with Crippen molar-refractivity contribution in [3.63, 3.8) is 0 Å². The van der Waals surface area contributed by atoms with Crippen LogP contribution < -0.4 is 0 Å². The van der Waals surface area contributed by atoms with Crippen molar-refractivity contribution in [1.82, 2.24) is 19.6 Å². The Hall–Kier alpha value is -2.40. The van der Waals surface area contributed by atoms with Crippen molar-refractivity contribution in [1.29, 1.82) is 0 Å². The van der Waals surface area contributed by atoms with E-state index in [2.05, 4.69) is 28.5 Å². The number of nitrogens with zero attached hydrogens (tertiary/aromatic N) is 4. The zero-order chi connectivity index (χ0) is 23.7. The number of fused-ring (bicyclic) bond motifs is 1. The van der Waals surface area contributed by atoms with Gasteiger partial charge in [-0.15, -0.1) is 11.3 Å². The van der Waals surface area contributed by atoms with Gasteiger partial charge in [-0.2, -0.15) is 18.3 Å². The molecule has 1 N–H and O–H groups in total. The number of hydrogen-bond donors (Lipinski definition) is 1. The lowest BCUT2D eigenvalue weighted by Gasteiger charge is -2.26. The Morgan fingerprint density at radius 2 is 1.94 bits per heavy atom. The predicted molar refractivity (Wildman–Crippen MR) is 115 cm³/mol. The molecule has 32 heavy (non-hydrogen) atoms. The fraction of sp³-hybridized carbons (Fsp3) is 0.571. The van der Waals surface area contributed by atoms with Crippen molar-refractivity contribution < 1.29 is 27.9 Å². The Balaban J connectivity index is 0.000000451. The summed E-state index contributed by atoms with van der Waals surface area (Å²) >= 11 is 1.66. The zero-order valence-electron chi connectivity index (χ0n) is 18.2. The molecule has 3 rings (SSSR count). The van der Waals surface area contributed by atoms with Crippen LogP contribution >= 0.6 is 11.3 Å². The lowest BCUT2D eigenvalue weighted by Crippen LogP contribution is -2.36. The van der Waals surface area contributed by atoms with Gasteiger partial charge >= 0.3 is 12.1 Å². The first-order valence-corrected chi connectivity index (χ1v) is 11.3.